The summed E-state index contributed by atoms with van der Waals surface area (Å²) in [6.07, 6.45) is 3.19. The first kappa shape index (κ1) is 17.7. The Balaban J connectivity index is 4.70. The van der Waals surface area contributed by atoms with Gasteiger partial charge in [0.2, 0.25) is 0 Å². The van der Waals surface area contributed by atoms with Crippen LogP contribution in [0, 0.1) is 5.92 Å². The largest absolute Gasteiger partial charge is 0.480 e. The van der Waals surface area contributed by atoms with Crippen LogP contribution in [0.25, 0.3) is 0 Å². The Morgan fingerprint density at radius 2 is 1.58 bits per heavy atom. The SMILES string of the molecule is CC[C@H](C)[C@H](NC(=O)NC(CC)(CC)CC)C(=O)O. The summed E-state index contributed by atoms with van der Waals surface area (Å²) in [7, 11) is 0. The number of carbonyl (C=O) groups is 2. The normalized spacial score (nSPS) is 14.6. The van der Waals surface area contributed by atoms with E-state index < -0.39 is 18.0 Å². The standard InChI is InChI=1S/C14H28N2O3/c1-6-10(5)11(12(17)18)15-13(19)16-14(7-2,8-3)9-4/h10-11H,6-9H2,1-5H3,(H,17,18)(H2,15,16,19)/t10-,11-/m0/s1. The molecule has 0 saturated carbocycles. The van der Waals surface area contributed by atoms with Crippen molar-refractivity contribution in [1.82, 2.24) is 10.6 Å². The van der Waals surface area contributed by atoms with Gasteiger partial charge in [-0.2, -0.15) is 0 Å². The number of amides is 2. The molecule has 0 bridgehead atoms. The molecule has 3 N–H and O–H groups in total. The minimum absolute atomic E-state index is 0.0949. The van der Waals surface area contributed by atoms with Crippen molar-refractivity contribution in [3.05, 3.63) is 0 Å². The van der Waals surface area contributed by atoms with E-state index in [4.69, 9.17) is 5.11 Å². The number of carboxylic acids is 1. The van der Waals surface area contributed by atoms with Crippen molar-refractivity contribution >= 4 is 12.0 Å². The fourth-order valence-electron chi connectivity index (χ4n) is 2.12. The van der Waals surface area contributed by atoms with Crippen LogP contribution in [0.4, 0.5) is 4.79 Å². The lowest BCUT2D eigenvalue weighted by molar-refractivity contribution is -0.140. The fraction of sp³-hybridized carbons (Fsp3) is 0.857. The van der Waals surface area contributed by atoms with E-state index in [1.54, 1.807) is 0 Å². The molecule has 0 aromatic carbocycles. The van der Waals surface area contributed by atoms with Crippen LogP contribution in [-0.4, -0.2) is 28.7 Å². The van der Waals surface area contributed by atoms with Gasteiger partial charge in [-0.1, -0.05) is 41.0 Å². The van der Waals surface area contributed by atoms with Gasteiger partial charge in [0.25, 0.3) is 0 Å². The first-order valence-electron chi connectivity index (χ1n) is 7.17. The van der Waals surface area contributed by atoms with Crippen molar-refractivity contribution in [1.29, 1.82) is 0 Å². The van der Waals surface area contributed by atoms with Crippen LogP contribution in [0.2, 0.25) is 0 Å². The van der Waals surface area contributed by atoms with E-state index in [2.05, 4.69) is 10.6 Å². The number of carbonyl (C=O) groups excluding carboxylic acids is 1. The number of hydrogen-bond donors (Lipinski definition) is 3. The summed E-state index contributed by atoms with van der Waals surface area (Å²) in [5.74, 6) is -1.08. The molecule has 112 valence electrons. The highest BCUT2D eigenvalue weighted by atomic mass is 16.4. The number of rotatable bonds is 8. The maximum atomic E-state index is 12.0. The van der Waals surface area contributed by atoms with Crippen LogP contribution < -0.4 is 10.6 Å². The molecule has 5 heteroatoms. The molecule has 19 heavy (non-hydrogen) atoms. The maximum Gasteiger partial charge on any atom is 0.326 e. The summed E-state index contributed by atoms with van der Waals surface area (Å²) >= 11 is 0. The number of aliphatic carboxylic acids is 1. The third kappa shape index (κ3) is 5.09. The Morgan fingerprint density at radius 3 is 1.89 bits per heavy atom. The second-order valence-electron chi connectivity index (χ2n) is 5.14. The molecule has 2 atom stereocenters. The van der Waals surface area contributed by atoms with E-state index in [0.29, 0.717) is 6.42 Å². The van der Waals surface area contributed by atoms with Crippen LogP contribution in [0.1, 0.15) is 60.3 Å². The molecule has 0 heterocycles. The van der Waals surface area contributed by atoms with Gasteiger partial charge in [-0.15, -0.1) is 0 Å². The van der Waals surface area contributed by atoms with Gasteiger partial charge in [0.1, 0.15) is 6.04 Å². The second-order valence-corrected chi connectivity index (χ2v) is 5.14. The molecule has 0 aliphatic rings. The average molecular weight is 272 g/mol. The predicted octanol–water partition coefficient (Wildman–Crippen LogP) is 2.75. The van der Waals surface area contributed by atoms with Gasteiger partial charge in [-0.05, 0) is 25.2 Å². The Kier molecular flexibility index (Phi) is 7.49. The highest BCUT2D eigenvalue weighted by Gasteiger charge is 2.30. The van der Waals surface area contributed by atoms with Crippen molar-refractivity contribution in [2.45, 2.75) is 71.9 Å². The fourth-order valence-corrected chi connectivity index (χ4v) is 2.12. The summed E-state index contributed by atoms with van der Waals surface area (Å²) in [6, 6.07) is -1.23. The molecule has 0 aliphatic heterocycles. The maximum absolute atomic E-state index is 12.0. The highest BCUT2D eigenvalue weighted by Crippen LogP contribution is 2.19. The Morgan fingerprint density at radius 1 is 1.11 bits per heavy atom. The number of hydrogen-bond acceptors (Lipinski definition) is 2. The predicted molar refractivity (Wildman–Crippen MR) is 76.2 cm³/mol. The zero-order chi connectivity index (χ0) is 15.1. The van der Waals surface area contributed by atoms with Crippen LogP contribution in [0.5, 0.6) is 0 Å². The number of nitrogens with one attached hydrogen (secondary N) is 2. The summed E-state index contributed by atoms with van der Waals surface area (Å²) in [5.41, 5.74) is -0.247. The number of urea groups is 1. The van der Waals surface area contributed by atoms with Crippen molar-refractivity contribution in [2.24, 2.45) is 5.92 Å². The first-order valence-corrected chi connectivity index (χ1v) is 7.17. The third-order valence-corrected chi connectivity index (χ3v) is 4.17. The van der Waals surface area contributed by atoms with E-state index in [1.807, 2.05) is 34.6 Å². The summed E-state index contributed by atoms with van der Waals surface area (Å²) in [5, 5.41) is 14.7. The molecule has 0 fully saturated rings. The lowest BCUT2D eigenvalue weighted by atomic mass is 9.90. The third-order valence-electron chi connectivity index (χ3n) is 4.17. The molecule has 0 aromatic heterocycles. The van der Waals surface area contributed by atoms with E-state index >= 15 is 0 Å². The summed E-state index contributed by atoms with van der Waals surface area (Å²) in [4.78, 5) is 23.2. The topological polar surface area (TPSA) is 78.4 Å². The molecule has 0 spiro atoms. The molecule has 0 aromatic rings. The van der Waals surface area contributed by atoms with Crippen molar-refractivity contribution in [2.75, 3.05) is 0 Å². The zero-order valence-electron chi connectivity index (χ0n) is 12.7. The van der Waals surface area contributed by atoms with Gasteiger partial charge in [0.15, 0.2) is 0 Å². The molecular weight excluding hydrogens is 244 g/mol. The molecule has 0 aliphatic carbocycles. The van der Waals surface area contributed by atoms with E-state index in [-0.39, 0.29) is 11.5 Å². The van der Waals surface area contributed by atoms with Gasteiger partial charge in [0.05, 0.1) is 0 Å². The van der Waals surface area contributed by atoms with Gasteiger partial charge in [-0.3, -0.25) is 0 Å². The van der Waals surface area contributed by atoms with Gasteiger partial charge >= 0.3 is 12.0 Å². The average Bonchev–Trinajstić information content (AvgIpc) is 2.41. The second kappa shape index (κ2) is 8.02. The number of carboxylic acid groups (broad SMARTS) is 1. The van der Waals surface area contributed by atoms with Gasteiger partial charge < -0.3 is 15.7 Å². The van der Waals surface area contributed by atoms with Crippen LogP contribution >= 0.6 is 0 Å². The van der Waals surface area contributed by atoms with E-state index in [0.717, 1.165) is 19.3 Å². The van der Waals surface area contributed by atoms with Crippen molar-refractivity contribution < 1.29 is 14.7 Å². The summed E-state index contributed by atoms with van der Waals surface area (Å²) in [6.45, 7) is 9.81. The Bertz CT molecular complexity index is 293. The van der Waals surface area contributed by atoms with Crippen LogP contribution in [0.15, 0.2) is 0 Å². The van der Waals surface area contributed by atoms with Gasteiger partial charge in [0, 0.05) is 5.54 Å². The van der Waals surface area contributed by atoms with Crippen LogP contribution in [-0.2, 0) is 4.79 Å². The molecule has 0 unspecified atom stereocenters. The van der Waals surface area contributed by atoms with Crippen molar-refractivity contribution in [3.63, 3.8) is 0 Å². The lowest BCUT2D eigenvalue weighted by Gasteiger charge is -2.32. The first-order chi connectivity index (χ1) is 8.85. The lowest BCUT2D eigenvalue weighted by Crippen LogP contribution is -2.55. The van der Waals surface area contributed by atoms with Gasteiger partial charge in [-0.25, -0.2) is 9.59 Å². The highest BCUT2D eigenvalue weighted by molar-refractivity contribution is 5.83. The Labute approximate surface area is 116 Å². The molecule has 5 nitrogen and oxygen atoms in total. The molecule has 0 radical (unpaired) electrons. The zero-order valence-corrected chi connectivity index (χ0v) is 12.7. The minimum atomic E-state index is -0.986. The minimum Gasteiger partial charge on any atom is -0.480 e. The molecule has 0 saturated heterocycles. The smallest absolute Gasteiger partial charge is 0.326 e. The Hall–Kier alpha value is -1.26. The molecule has 0 rings (SSSR count). The quantitative estimate of drug-likeness (QED) is 0.635. The van der Waals surface area contributed by atoms with Crippen LogP contribution in [0.3, 0.4) is 0 Å². The molecule has 2 amide bonds. The monoisotopic (exact) mass is 272 g/mol. The van der Waals surface area contributed by atoms with Crippen molar-refractivity contribution in [3.8, 4) is 0 Å². The van der Waals surface area contributed by atoms with E-state index in [9.17, 15) is 9.59 Å². The van der Waals surface area contributed by atoms with E-state index in [1.165, 1.54) is 0 Å². The summed E-state index contributed by atoms with van der Waals surface area (Å²) < 4.78 is 0. The molecular formula is C14H28N2O3.